The first-order chi connectivity index (χ1) is 31.2. The topological polar surface area (TPSA) is 80.6 Å². The normalized spacial score (nSPS) is 11.2. The van der Waals surface area contributed by atoms with E-state index in [1.54, 1.807) is 0 Å². The third kappa shape index (κ3) is 7.23. The van der Waals surface area contributed by atoms with E-state index < -0.39 is 0 Å². The molecule has 0 aliphatic heterocycles. The summed E-state index contributed by atoms with van der Waals surface area (Å²) in [7, 11) is 0. The van der Waals surface area contributed by atoms with Gasteiger partial charge in [-0.05, 0) is 55.9 Å². The number of anilines is 3. The Hall–Kier alpha value is -8.68. The lowest BCUT2D eigenvalue weighted by Gasteiger charge is -2.24. The smallest absolute Gasteiger partial charge is 0.241 e. The van der Waals surface area contributed by atoms with Gasteiger partial charge in [0.05, 0.1) is 5.69 Å². The first-order valence-corrected chi connectivity index (χ1v) is 20.9. The van der Waals surface area contributed by atoms with Gasteiger partial charge in [0.15, 0.2) is 23.3 Å². The molecule has 0 radical (unpaired) electrons. The Labute approximate surface area is 364 Å². The van der Waals surface area contributed by atoms with E-state index in [4.69, 9.17) is 29.9 Å². The van der Waals surface area contributed by atoms with Gasteiger partial charge < -0.3 is 0 Å². The summed E-state index contributed by atoms with van der Waals surface area (Å²) >= 11 is 0. The van der Waals surface area contributed by atoms with Crippen molar-refractivity contribution in [1.82, 2.24) is 29.9 Å². The second kappa shape index (κ2) is 16.4. The molecule has 0 bridgehead atoms. The highest BCUT2D eigenvalue weighted by Gasteiger charge is 2.25. The van der Waals surface area contributed by atoms with E-state index in [0.717, 1.165) is 49.8 Å². The van der Waals surface area contributed by atoms with Crippen LogP contribution in [0.3, 0.4) is 0 Å². The van der Waals surface area contributed by atoms with Crippen LogP contribution in [0.2, 0.25) is 0 Å². The molecule has 63 heavy (non-hydrogen) atoms. The zero-order valence-corrected chi connectivity index (χ0v) is 34.0. The fraction of sp³-hybridized carbons (Fsp3) is 0. The number of benzene rings is 9. The second-order valence-corrected chi connectivity index (χ2v) is 15.1. The average Bonchev–Trinajstić information content (AvgIpc) is 3.37. The minimum absolute atomic E-state index is 0.359. The Bertz CT molecular complexity index is 3080. The number of hydrogen-bond donors (Lipinski definition) is 0. The molecule has 0 fully saturated rings. The monoisotopic (exact) mass is 807 g/mol. The van der Waals surface area contributed by atoms with Crippen LogP contribution in [-0.2, 0) is 0 Å². The Kier molecular flexibility index (Phi) is 9.72. The van der Waals surface area contributed by atoms with E-state index in [0.29, 0.717) is 35.2 Å². The van der Waals surface area contributed by atoms with Crippen molar-refractivity contribution in [2.45, 2.75) is 0 Å². The molecule has 0 atom stereocenters. The van der Waals surface area contributed by atoms with Crippen LogP contribution in [-0.4, -0.2) is 29.9 Å². The number of fused-ring (bicyclic) bond motifs is 2. The molecule has 0 saturated carbocycles. The van der Waals surface area contributed by atoms with Crippen molar-refractivity contribution in [1.29, 1.82) is 0 Å². The lowest BCUT2D eigenvalue weighted by molar-refractivity contribution is 0.964. The minimum atomic E-state index is 0.359. The summed E-state index contributed by atoms with van der Waals surface area (Å²) in [4.78, 5) is 33.0. The molecule has 7 nitrogen and oxygen atoms in total. The van der Waals surface area contributed by atoms with Gasteiger partial charge in [-0.15, -0.1) is 0 Å². The number of hydrogen-bond acceptors (Lipinski definition) is 7. The fourth-order valence-corrected chi connectivity index (χ4v) is 8.27. The summed E-state index contributed by atoms with van der Waals surface area (Å²) in [5.41, 5.74) is 8.72. The van der Waals surface area contributed by atoms with Gasteiger partial charge >= 0.3 is 0 Å². The van der Waals surface area contributed by atoms with E-state index in [2.05, 4.69) is 103 Å². The maximum absolute atomic E-state index is 5.24. The van der Waals surface area contributed by atoms with Crippen molar-refractivity contribution in [2.75, 3.05) is 4.90 Å². The quantitative estimate of drug-likeness (QED) is 0.134. The van der Waals surface area contributed by atoms with E-state index in [1.807, 2.05) is 126 Å². The molecular weight excluding hydrogens is 771 g/mol. The van der Waals surface area contributed by atoms with E-state index >= 15 is 0 Å². The Morgan fingerprint density at radius 2 is 0.524 bits per heavy atom. The third-order valence-corrected chi connectivity index (χ3v) is 11.2. The van der Waals surface area contributed by atoms with Gasteiger partial charge in [-0.1, -0.05) is 212 Å². The van der Waals surface area contributed by atoms with Gasteiger partial charge in [-0.2, -0.15) is 19.9 Å². The molecule has 9 aromatic carbocycles. The van der Waals surface area contributed by atoms with Crippen molar-refractivity contribution >= 4 is 39.1 Å². The summed E-state index contributed by atoms with van der Waals surface area (Å²) in [6.45, 7) is 0. The first kappa shape index (κ1) is 37.3. The summed E-state index contributed by atoms with van der Waals surface area (Å²) in [5, 5.41) is 4.65. The van der Waals surface area contributed by atoms with Crippen LogP contribution in [0, 0.1) is 0 Å². The van der Waals surface area contributed by atoms with Crippen LogP contribution < -0.4 is 4.90 Å². The highest BCUT2D eigenvalue weighted by atomic mass is 15.4. The van der Waals surface area contributed by atoms with Crippen LogP contribution in [0.1, 0.15) is 0 Å². The van der Waals surface area contributed by atoms with Gasteiger partial charge in [0.25, 0.3) is 0 Å². The Morgan fingerprint density at radius 1 is 0.238 bits per heavy atom. The van der Waals surface area contributed by atoms with Gasteiger partial charge in [0.1, 0.15) is 0 Å². The third-order valence-electron chi connectivity index (χ3n) is 11.2. The maximum atomic E-state index is 5.24. The molecule has 11 aromatic rings. The molecule has 0 saturated heterocycles. The number of nitrogens with zero attached hydrogens (tertiary/aromatic N) is 7. The molecule has 0 unspecified atom stereocenters. The van der Waals surface area contributed by atoms with Crippen LogP contribution in [0.4, 0.5) is 17.6 Å². The maximum Gasteiger partial charge on any atom is 0.241 e. The molecule has 0 aliphatic rings. The number of aromatic nitrogens is 6. The predicted molar refractivity (Wildman–Crippen MR) is 256 cm³/mol. The van der Waals surface area contributed by atoms with E-state index in [1.165, 1.54) is 21.9 Å². The fourth-order valence-electron chi connectivity index (χ4n) is 8.27. The molecule has 0 N–H and O–H groups in total. The summed E-state index contributed by atoms with van der Waals surface area (Å²) in [6.07, 6.45) is 0. The zero-order valence-electron chi connectivity index (χ0n) is 34.0. The molecule has 2 heterocycles. The Balaban J connectivity index is 1.20. The zero-order chi connectivity index (χ0) is 42.0. The molecule has 0 aliphatic carbocycles. The van der Waals surface area contributed by atoms with Crippen molar-refractivity contribution in [2.24, 2.45) is 0 Å². The molecule has 0 spiro atoms. The summed E-state index contributed by atoms with van der Waals surface area (Å²) < 4.78 is 0. The second-order valence-electron chi connectivity index (χ2n) is 15.1. The SMILES string of the molecule is c1ccc(-c2nc(-c3ccccc3)nc(N(c3cccc(-c4c5ccccc5c(-c5ccccc5)c5ccccc45)c3)c3nc(-c4ccccc4)nc(-c4ccccc4)n3)n2)cc1. The van der Waals surface area contributed by atoms with Crippen molar-refractivity contribution in [3.8, 4) is 67.8 Å². The van der Waals surface area contributed by atoms with Crippen molar-refractivity contribution in [3.63, 3.8) is 0 Å². The van der Waals surface area contributed by atoms with E-state index in [-0.39, 0.29) is 0 Å². The van der Waals surface area contributed by atoms with Gasteiger partial charge in [0.2, 0.25) is 11.9 Å². The molecule has 0 amide bonds. The van der Waals surface area contributed by atoms with Crippen LogP contribution in [0.5, 0.6) is 0 Å². The lowest BCUT2D eigenvalue weighted by atomic mass is 9.86. The van der Waals surface area contributed by atoms with Gasteiger partial charge in [-0.25, -0.2) is 14.9 Å². The molecule has 7 heteroatoms. The average molecular weight is 808 g/mol. The van der Waals surface area contributed by atoms with E-state index in [9.17, 15) is 0 Å². The molecule has 11 rings (SSSR count). The predicted octanol–water partition coefficient (Wildman–Crippen LogP) is 13.8. The highest BCUT2D eigenvalue weighted by molar-refractivity contribution is 6.21. The minimum Gasteiger partial charge on any atom is -0.246 e. The van der Waals surface area contributed by atoms with Gasteiger partial charge in [-0.3, -0.25) is 0 Å². The highest BCUT2D eigenvalue weighted by Crippen LogP contribution is 2.45. The Morgan fingerprint density at radius 3 is 0.873 bits per heavy atom. The van der Waals surface area contributed by atoms with Gasteiger partial charge in [0, 0.05) is 22.3 Å². The summed E-state index contributed by atoms with van der Waals surface area (Å²) in [6, 6.07) is 76.5. The number of rotatable bonds is 9. The standard InChI is InChI=1S/C56H37N7/c1-6-21-38(22-7-1)49-45-33-16-18-35-47(45)50(48-36-19-17-34-46(48)49)43-31-20-32-44(37-43)63(55-59-51(39-23-8-2-9-24-39)57-52(60-55)40-25-10-3-11-26-40)56-61-53(41-27-12-4-13-28-41)58-54(62-56)42-29-14-5-15-30-42/h1-37H. The first-order valence-electron chi connectivity index (χ1n) is 20.9. The largest absolute Gasteiger partial charge is 0.246 e. The van der Waals surface area contributed by atoms with Crippen molar-refractivity contribution < 1.29 is 0 Å². The molecule has 296 valence electrons. The molecular formula is C56H37N7. The van der Waals surface area contributed by atoms with Crippen LogP contribution in [0.15, 0.2) is 224 Å². The van der Waals surface area contributed by atoms with Crippen LogP contribution >= 0.6 is 0 Å². The summed E-state index contributed by atoms with van der Waals surface area (Å²) in [5.74, 6) is 2.81. The molecule has 2 aromatic heterocycles. The van der Waals surface area contributed by atoms with Crippen molar-refractivity contribution in [3.05, 3.63) is 224 Å². The lowest BCUT2D eigenvalue weighted by Crippen LogP contribution is -2.19. The van der Waals surface area contributed by atoms with Crippen LogP contribution in [0.25, 0.3) is 89.4 Å².